The van der Waals surface area contributed by atoms with Gasteiger partial charge in [-0.15, -0.1) is 11.3 Å². The fraction of sp³-hybridized carbons (Fsp3) is 0.316. The van der Waals surface area contributed by atoms with Crippen LogP contribution in [0.3, 0.4) is 0 Å². The van der Waals surface area contributed by atoms with Gasteiger partial charge in [-0.3, -0.25) is 9.78 Å². The lowest BCUT2D eigenvalue weighted by atomic mass is 10.1. The first-order chi connectivity index (χ1) is 12.3. The van der Waals surface area contributed by atoms with Crippen LogP contribution in [0.4, 0.5) is 0 Å². The van der Waals surface area contributed by atoms with Gasteiger partial charge in [0.2, 0.25) is 5.91 Å². The average molecular weight is 353 g/mol. The summed E-state index contributed by atoms with van der Waals surface area (Å²) in [4.78, 5) is 23.3. The lowest BCUT2D eigenvalue weighted by Crippen LogP contribution is -2.28. The number of aromatic nitrogens is 2. The van der Waals surface area contributed by atoms with Gasteiger partial charge in [-0.05, 0) is 37.1 Å². The lowest BCUT2D eigenvalue weighted by Gasteiger charge is -2.15. The Balaban J connectivity index is 1.31. The second-order valence-corrected chi connectivity index (χ2v) is 7.06. The average Bonchev–Trinajstić information content (AvgIpc) is 3.41. The van der Waals surface area contributed by atoms with Gasteiger partial charge in [-0.2, -0.15) is 0 Å². The monoisotopic (exact) mass is 353 g/mol. The topological polar surface area (TPSA) is 59.2 Å². The molecule has 1 atom stereocenters. The van der Waals surface area contributed by atoms with Gasteiger partial charge < -0.3 is 9.32 Å². The van der Waals surface area contributed by atoms with Crippen LogP contribution in [-0.4, -0.2) is 33.9 Å². The van der Waals surface area contributed by atoms with E-state index in [0.717, 1.165) is 41.7 Å². The summed E-state index contributed by atoms with van der Waals surface area (Å²) in [7, 11) is 0. The molecule has 3 aromatic rings. The van der Waals surface area contributed by atoms with Gasteiger partial charge in [0.15, 0.2) is 0 Å². The molecule has 1 aliphatic heterocycles. The molecule has 1 fully saturated rings. The number of hydrogen-bond donors (Lipinski definition) is 0. The van der Waals surface area contributed by atoms with E-state index in [2.05, 4.69) is 9.97 Å². The van der Waals surface area contributed by atoms with Gasteiger partial charge in [-0.1, -0.05) is 6.07 Å². The molecule has 25 heavy (non-hydrogen) atoms. The summed E-state index contributed by atoms with van der Waals surface area (Å²) in [5.74, 6) is 1.50. The number of thiazole rings is 1. The third-order valence-electron chi connectivity index (χ3n) is 4.52. The maximum absolute atomic E-state index is 12.5. The molecular formula is C19H19N3O2S. The van der Waals surface area contributed by atoms with Crippen molar-refractivity contribution in [3.63, 3.8) is 0 Å². The van der Waals surface area contributed by atoms with Crippen LogP contribution in [0.15, 0.2) is 52.6 Å². The Labute approximate surface area is 150 Å². The van der Waals surface area contributed by atoms with E-state index >= 15 is 0 Å². The van der Waals surface area contributed by atoms with Crippen LogP contribution >= 0.6 is 11.3 Å². The van der Waals surface area contributed by atoms with E-state index in [9.17, 15) is 4.79 Å². The highest BCUT2D eigenvalue weighted by Crippen LogP contribution is 2.28. The highest BCUT2D eigenvalue weighted by molar-refractivity contribution is 7.13. The Morgan fingerprint density at radius 3 is 3.08 bits per heavy atom. The first-order valence-corrected chi connectivity index (χ1v) is 9.34. The van der Waals surface area contributed by atoms with Crippen molar-refractivity contribution in [1.29, 1.82) is 0 Å². The molecule has 0 saturated carbocycles. The number of aryl methyl sites for hydroxylation is 1. The minimum absolute atomic E-state index is 0.196. The van der Waals surface area contributed by atoms with Crippen molar-refractivity contribution in [3.05, 3.63) is 59.6 Å². The number of likely N-dealkylation sites (tertiary alicyclic amines) is 1. The van der Waals surface area contributed by atoms with Crippen LogP contribution in [0, 0.1) is 0 Å². The predicted molar refractivity (Wildman–Crippen MR) is 96.3 cm³/mol. The third kappa shape index (κ3) is 3.64. The quantitative estimate of drug-likeness (QED) is 0.701. The van der Waals surface area contributed by atoms with E-state index in [1.807, 2.05) is 40.6 Å². The summed E-state index contributed by atoms with van der Waals surface area (Å²) in [5.41, 5.74) is 1.84. The summed E-state index contributed by atoms with van der Waals surface area (Å²) >= 11 is 1.57. The zero-order valence-electron chi connectivity index (χ0n) is 13.8. The van der Waals surface area contributed by atoms with Crippen molar-refractivity contribution < 1.29 is 9.21 Å². The molecule has 4 heterocycles. The Morgan fingerprint density at radius 2 is 2.28 bits per heavy atom. The molecule has 0 aliphatic carbocycles. The first-order valence-electron chi connectivity index (χ1n) is 8.46. The summed E-state index contributed by atoms with van der Waals surface area (Å²) in [5, 5.41) is 2.93. The number of pyridine rings is 1. The number of carbonyl (C=O) groups is 1. The van der Waals surface area contributed by atoms with Gasteiger partial charge in [0.25, 0.3) is 0 Å². The SMILES string of the molecule is O=C(CCc1csc(-c2ccccn2)n1)N1CCC(c2ccco2)C1. The normalized spacial score (nSPS) is 17.1. The lowest BCUT2D eigenvalue weighted by molar-refractivity contribution is -0.130. The second kappa shape index (κ2) is 7.19. The summed E-state index contributed by atoms with van der Waals surface area (Å²) in [6.45, 7) is 1.56. The smallest absolute Gasteiger partial charge is 0.222 e. The largest absolute Gasteiger partial charge is 0.469 e. The molecule has 0 spiro atoms. The fourth-order valence-electron chi connectivity index (χ4n) is 3.16. The standard InChI is InChI=1S/C19H19N3O2S/c23-18(22-10-8-14(12-22)17-5-3-11-24-17)7-6-15-13-25-19(21-15)16-4-1-2-9-20-16/h1-5,9,11,13-14H,6-8,10,12H2. The number of rotatable bonds is 5. The molecule has 0 radical (unpaired) electrons. The molecule has 128 valence electrons. The van der Waals surface area contributed by atoms with Crippen LogP contribution in [0.5, 0.6) is 0 Å². The Kier molecular flexibility index (Phi) is 4.61. The summed E-state index contributed by atoms with van der Waals surface area (Å²) < 4.78 is 5.47. The van der Waals surface area contributed by atoms with Crippen molar-refractivity contribution in [3.8, 4) is 10.7 Å². The van der Waals surface area contributed by atoms with Gasteiger partial charge in [0.05, 0.1) is 17.7 Å². The predicted octanol–water partition coefficient (Wildman–Crippen LogP) is 3.75. The minimum Gasteiger partial charge on any atom is -0.469 e. The zero-order valence-corrected chi connectivity index (χ0v) is 14.6. The van der Waals surface area contributed by atoms with E-state index in [1.165, 1.54) is 0 Å². The number of hydrogen-bond acceptors (Lipinski definition) is 5. The van der Waals surface area contributed by atoms with Gasteiger partial charge in [0, 0.05) is 37.0 Å². The number of amides is 1. The maximum atomic E-state index is 12.5. The van der Waals surface area contributed by atoms with Gasteiger partial charge >= 0.3 is 0 Å². The highest BCUT2D eigenvalue weighted by atomic mass is 32.1. The molecule has 1 unspecified atom stereocenters. The molecule has 0 aromatic carbocycles. The van der Waals surface area contributed by atoms with Crippen LogP contribution in [0.1, 0.15) is 30.2 Å². The number of carbonyl (C=O) groups excluding carboxylic acids is 1. The van der Waals surface area contributed by atoms with E-state index in [4.69, 9.17) is 4.42 Å². The highest BCUT2D eigenvalue weighted by Gasteiger charge is 2.28. The molecule has 4 rings (SSSR count). The molecule has 0 bridgehead atoms. The van der Waals surface area contributed by atoms with Crippen LogP contribution in [0.2, 0.25) is 0 Å². The Hall–Kier alpha value is -2.47. The minimum atomic E-state index is 0.196. The van der Waals surface area contributed by atoms with E-state index in [0.29, 0.717) is 18.8 Å². The Bertz CT molecular complexity index is 829. The van der Waals surface area contributed by atoms with E-state index in [-0.39, 0.29) is 5.91 Å². The molecule has 1 aliphatic rings. The summed E-state index contributed by atoms with van der Waals surface area (Å²) in [6.07, 6.45) is 5.60. The van der Waals surface area contributed by atoms with Crippen LogP contribution in [0.25, 0.3) is 10.7 Å². The third-order valence-corrected chi connectivity index (χ3v) is 5.43. The molecule has 1 amide bonds. The zero-order chi connectivity index (χ0) is 17.1. The van der Waals surface area contributed by atoms with Crippen molar-refractivity contribution in [2.45, 2.75) is 25.2 Å². The molecule has 5 nitrogen and oxygen atoms in total. The van der Waals surface area contributed by atoms with Crippen LogP contribution < -0.4 is 0 Å². The summed E-state index contributed by atoms with van der Waals surface area (Å²) in [6, 6.07) is 9.69. The molecule has 0 N–H and O–H groups in total. The number of furan rings is 1. The van der Waals surface area contributed by atoms with Crippen LogP contribution in [-0.2, 0) is 11.2 Å². The van der Waals surface area contributed by atoms with Crippen molar-refractivity contribution in [2.24, 2.45) is 0 Å². The fourth-order valence-corrected chi connectivity index (χ4v) is 3.99. The van der Waals surface area contributed by atoms with E-state index in [1.54, 1.807) is 23.8 Å². The van der Waals surface area contributed by atoms with Crippen molar-refractivity contribution >= 4 is 17.2 Å². The van der Waals surface area contributed by atoms with Gasteiger partial charge in [-0.25, -0.2) is 4.98 Å². The first kappa shape index (κ1) is 16.0. The Morgan fingerprint density at radius 1 is 1.32 bits per heavy atom. The van der Waals surface area contributed by atoms with Crippen molar-refractivity contribution in [2.75, 3.05) is 13.1 Å². The molecule has 1 saturated heterocycles. The van der Waals surface area contributed by atoms with Crippen molar-refractivity contribution in [1.82, 2.24) is 14.9 Å². The van der Waals surface area contributed by atoms with E-state index < -0.39 is 0 Å². The van der Waals surface area contributed by atoms with Gasteiger partial charge in [0.1, 0.15) is 10.8 Å². The second-order valence-electron chi connectivity index (χ2n) is 6.20. The molecule has 3 aromatic heterocycles. The maximum Gasteiger partial charge on any atom is 0.222 e. The molecule has 6 heteroatoms. The number of nitrogens with zero attached hydrogens (tertiary/aromatic N) is 3. The molecular weight excluding hydrogens is 334 g/mol.